The van der Waals surface area contributed by atoms with Crippen LogP contribution in [-0.2, 0) is 11.3 Å². The molecule has 2 aromatic heterocycles. The third-order valence-electron chi connectivity index (χ3n) is 8.01. The summed E-state index contributed by atoms with van der Waals surface area (Å²) in [6.07, 6.45) is 2.85. The number of aromatic nitrogens is 4. The second-order valence-corrected chi connectivity index (χ2v) is 11.2. The number of nitrogens with zero attached hydrogens (tertiary/aromatic N) is 6. The van der Waals surface area contributed by atoms with Crippen LogP contribution in [-0.4, -0.2) is 69.7 Å². The Morgan fingerprint density at radius 2 is 1.79 bits per heavy atom. The van der Waals surface area contributed by atoms with Crippen LogP contribution >= 0.6 is 0 Å². The molecule has 1 aliphatic heterocycles. The van der Waals surface area contributed by atoms with Crippen LogP contribution in [0.1, 0.15) is 37.0 Å². The predicted octanol–water partition coefficient (Wildman–Crippen LogP) is 2.63. The van der Waals surface area contributed by atoms with Crippen molar-refractivity contribution in [3.05, 3.63) is 82.5 Å². The number of nitrogens with two attached hydrogens (primary N) is 1. The first-order chi connectivity index (χ1) is 20.6. The molecule has 1 aliphatic rings. The van der Waals surface area contributed by atoms with E-state index in [-0.39, 0.29) is 30.3 Å². The zero-order valence-corrected chi connectivity index (χ0v) is 24.6. The third kappa shape index (κ3) is 6.43. The molecule has 226 valence electrons. The maximum atomic E-state index is 13.5. The molecular weight excluding hydrogens is 551 g/mol. The van der Waals surface area contributed by atoms with E-state index in [4.69, 9.17) is 10.7 Å². The Bertz CT molecular complexity index is 1660. The van der Waals surface area contributed by atoms with Gasteiger partial charge in [0.25, 0.3) is 11.5 Å². The van der Waals surface area contributed by atoms with Crippen molar-refractivity contribution in [1.29, 1.82) is 0 Å². The minimum atomic E-state index is -0.755. The van der Waals surface area contributed by atoms with Gasteiger partial charge in [0.1, 0.15) is 5.82 Å². The number of nitrogens with one attached hydrogen (secondary N) is 1. The molecule has 0 aliphatic carbocycles. The second-order valence-electron chi connectivity index (χ2n) is 11.2. The SMILES string of the molecule is CC(C)C(N)C(=O)NCC(=O)n1c(N(C)C2CCN(c3nc4ccccc4n3Cc3ccc(F)cc3)CC2)nccc1=O. The number of benzene rings is 2. The molecule has 4 aromatic rings. The van der Waals surface area contributed by atoms with E-state index in [1.165, 1.54) is 24.4 Å². The van der Waals surface area contributed by atoms with Crippen LogP contribution in [0.3, 0.4) is 0 Å². The van der Waals surface area contributed by atoms with Crippen molar-refractivity contribution in [2.45, 2.75) is 45.3 Å². The second kappa shape index (κ2) is 12.7. The van der Waals surface area contributed by atoms with Crippen molar-refractivity contribution >= 4 is 34.7 Å². The first-order valence-corrected chi connectivity index (χ1v) is 14.5. The molecule has 12 heteroatoms. The van der Waals surface area contributed by atoms with Crippen molar-refractivity contribution in [1.82, 2.24) is 24.4 Å². The molecule has 1 atom stereocenters. The van der Waals surface area contributed by atoms with Gasteiger partial charge in [-0.05, 0) is 48.6 Å². The van der Waals surface area contributed by atoms with E-state index in [0.29, 0.717) is 19.6 Å². The van der Waals surface area contributed by atoms with Crippen LogP contribution in [0.25, 0.3) is 11.0 Å². The minimum absolute atomic E-state index is 0.00322. The largest absolute Gasteiger partial charge is 0.346 e. The van der Waals surface area contributed by atoms with Crippen molar-refractivity contribution in [3.63, 3.8) is 0 Å². The number of carbonyl (C=O) groups excluding carboxylic acids is 2. The highest BCUT2D eigenvalue weighted by molar-refractivity contribution is 5.89. The molecule has 0 spiro atoms. The smallest absolute Gasteiger partial charge is 0.261 e. The molecule has 0 bridgehead atoms. The number of carbonyl (C=O) groups is 2. The molecule has 1 saturated heterocycles. The third-order valence-corrected chi connectivity index (χ3v) is 8.01. The standard InChI is InChI=1S/C31H37FN8O3/c1-20(2)28(33)29(43)35-18-27(42)40-26(41)12-15-34-30(40)37(3)23-13-16-38(17-14-23)31-36-24-6-4-5-7-25(24)39(31)19-21-8-10-22(32)11-9-21/h4-12,15,20,23,28H,13-14,16-19,33H2,1-3H3,(H,35,43). The molecule has 1 unspecified atom stereocenters. The lowest BCUT2D eigenvalue weighted by atomic mass is 10.0. The molecule has 1 fully saturated rings. The van der Waals surface area contributed by atoms with Gasteiger partial charge in [0.05, 0.1) is 30.2 Å². The van der Waals surface area contributed by atoms with E-state index in [0.717, 1.165) is 40.0 Å². The van der Waals surface area contributed by atoms with Crippen molar-refractivity contribution in [2.75, 3.05) is 36.5 Å². The summed E-state index contributed by atoms with van der Waals surface area (Å²) in [6.45, 7) is 5.20. The van der Waals surface area contributed by atoms with Gasteiger partial charge in [0, 0.05) is 38.4 Å². The number of fused-ring (bicyclic) bond motifs is 1. The number of amides is 1. The average Bonchev–Trinajstić information content (AvgIpc) is 3.38. The van der Waals surface area contributed by atoms with Crippen LogP contribution in [0.15, 0.2) is 65.6 Å². The Hall–Kier alpha value is -4.58. The van der Waals surface area contributed by atoms with Gasteiger partial charge < -0.3 is 25.4 Å². The van der Waals surface area contributed by atoms with Crippen LogP contribution in [0.2, 0.25) is 0 Å². The Balaban J connectivity index is 1.31. The van der Waals surface area contributed by atoms with Gasteiger partial charge in [-0.1, -0.05) is 38.1 Å². The predicted molar refractivity (Wildman–Crippen MR) is 164 cm³/mol. The molecule has 2 aromatic carbocycles. The highest BCUT2D eigenvalue weighted by atomic mass is 19.1. The fourth-order valence-corrected chi connectivity index (χ4v) is 5.39. The molecule has 3 heterocycles. The Labute approximate surface area is 249 Å². The Kier molecular flexibility index (Phi) is 8.86. The zero-order valence-electron chi connectivity index (χ0n) is 24.6. The van der Waals surface area contributed by atoms with Crippen molar-refractivity contribution in [2.24, 2.45) is 11.7 Å². The van der Waals surface area contributed by atoms with E-state index in [1.54, 1.807) is 12.1 Å². The number of anilines is 2. The minimum Gasteiger partial charge on any atom is -0.346 e. The Morgan fingerprint density at radius 1 is 1.09 bits per heavy atom. The molecule has 1 amide bonds. The van der Waals surface area contributed by atoms with E-state index in [9.17, 15) is 18.8 Å². The topological polar surface area (TPSA) is 131 Å². The first kappa shape index (κ1) is 29.9. The lowest BCUT2D eigenvalue weighted by molar-refractivity contribution is -0.123. The number of piperidine rings is 1. The number of hydrogen-bond acceptors (Lipinski definition) is 8. The number of halogens is 1. The highest BCUT2D eigenvalue weighted by Crippen LogP contribution is 2.28. The lowest BCUT2D eigenvalue weighted by Crippen LogP contribution is -2.49. The van der Waals surface area contributed by atoms with Gasteiger partial charge >= 0.3 is 0 Å². The molecule has 11 nitrogen and oxygen atoms in total. The van der Waals surface area contributed by atoms with Gasteiger partial charge in [-0.3, -0.25) is 14.4 Å². The van der Waals surface area contributed by atoms with E-state index >= 15 is 0 Å². The van der Waals surface area contributed by atoms with Gasteiger partial charge in [0.2, 0.25) is 17.8 Å². The first-order valence-electron chi connectivity index (χ1n) is 14.5. The van der Waals surface area contributed by atoms with E-state index in [2.05, 4.69) is 19.8 Å². The zero-order chi connectivity index (χ0) is 30.7. The van der Waals surface area contributed by atoms with Crippen LogP contribution in [0, 0.1) is 11.7 Å². The molecule has 0 radical (unpaired) electrons. The summed E-state index contributed by atoms with van der Waals surface area (Å²) in [4.78, 5) is 51.6. The summed E-state index contributed by atoms with van der Waals surface area (Å²) in [5, 5.41) is 2.54. The summed E-state index contributed by atoms with van der Waals surface area (Å²) in [5.41, 5.74) is 8.22. The van der Waals surface area contributed by atoms with Crippen molar-refractivity contribution in [3.8, 4) is 0 Å². The molecular formula is C31H37FN8O3. The summed E-state index contributed by atoms with van der Waals surface area (Å²) >= 11 is 0. The van der Waals surface area contributed by atoms with Crippen LogP contribution in [0.5, 0.6) is 0 Å². The fourth-order valence-electron chi connectivity index (χ4n) is 5.39. The van der Waals surface area contributed by atoms with E-state index in [1.807, 2.05) is 50.1 Å². The fraction of sp³-hybridized carbons (Fsp3) is 0.387. The van der Waals surface area contributed by atoms with Crippen LogP contribution in [0.4, 0.5) is 16.3 Å². The maximum Gasteiger partial charge on any atom is 0.261 e. The van der Waals surface area contributed by atoms with Crippen molar-refractivity contribution < 1.29 is 14.0 Å². The summed E-state index contributed by atoms with van der Waals surface area (Å²) < 4.78 is 16.7. The quantitative estimate of drug-likeness (QED) is 0.305. The monoisotopic (exact) mass is 588 g/mol. The molecule has 5 rings (SSSR count). The molecule has 43 heavy (non-hydrogen) atoms. The number of para-hydroxylation sites is 2. The summed E-state index contributed by atoms with van der Waals surface area (Å²) in [6, 6.07) is 14.9. The number of hydrogen-bond donors (Lipinski definition) is 2. The normalized spacial score (nSPS) is 14.7. The van der Waals surface area contributed by atoms with Crippen LogP contribution < -0.4 is 26.4 Å². The Morgan fingerprint density at radius 3 is 2.49 bits per heavy atom. The summed E-state index contributed by atoms with van der Waals surface area (Å²) in [7, 11) is 1.82. The average molecular weight is 589 g/mol. The van der Waals surface area contributed by atoms with Gasteiger partial charge in [-0.25, -0.2) is 18.9 Å². The summed E-state index contributed by atoms with van der Waals surface area (Å²) in [5.74, 6) is -0.341. The van der Waals surface area contributed by atoms with E-state index < -0.39 is 23.4 Å². The number of rotatable bonds is 9. The molecule has 3 N–H and O–H groups in total. The van der Waals surface area contributed by atoms with Gasteiger partial charge in [0.15, 0.2) is 0 Å². The van der Waals surface area contributed by atoms with Gasteiger partial charge in [-0.2, -0.15) is 0 Å². The number of imidazole rings is 1. The molecule has 0 saturated carbocycles. The highest BCUT2D eigenvalue weighted by Gasteiger charge is 2.29. The lowest BCUT2D eigenvalue weighted by Gasteiger charge is -2.38. The maximum absolute atomic E-state index is 13.5. The van der Waals surface area contributed by atoms with Gasteiger partial charge in [-0.15, -0.1) is 0 Å².